The summed E-state index contributed by atoms with van der Waals surface area (Å²) in [5.41, 5.74) is 0.604. The molecule has 24 heavy (non-hydrogen) atoms. The predicted octanol–water partition coefficient (Wildman–Crippen LogP) is 0.872. The number of carbonyl (C=O) groups excluding carboxylic acids is 2. The zero-order valence-electron chi connectivity index (χ0n) is 14.2. The summed E-state index contributed by atoms with van der Waals surface area (Å²) in [7, 11) is -3.10. The second kappa shape index (κ2) is 6.92. The van der Waals surface area contributed by atoms with Gasteiger partial charge in [-0.2, -0.15) is 0 Å². The van der Waals surface area contributed by atoms with Gasteiger partial charge in [-0.3, -0.25) is 4.79 Å². The topological polar surface area (TPSA) is 107 Å². The molecule has 0 spiro atoms. The number of aryl methyl sites for hydroxylation is 2. The summed E-state index contributed by atoms with van der Waals surface area (Å²) < 4.78 is 33.4. The Bertz CT molecular complexity index is 720. The van der Waals surface area contributed by atoms with Crippen LogP contribution in [0.5, 0.6) is 0 Å². The van der Waals surface area contributed by atoms with E-state index in [1.54, 1.807) is 20.8 Å². The minimum atomic E-state index is -3.10. The molecule has 1 fully saturated rings. The van der Waals surface area contributed by atoms with Crippen molar-refractivity contribution in [3.05, 3.63) is 17.0 Å². The first-order valence-corrected chi connectivity index (χ1v) is 9.63. The molecule has 9 heteroatoms. The molecule has 1 saturated heterocycles. The van der Waals surface area contributed by atoms with Gasteiger partial charge in [0.15, 0.2) is 15.9 Å². The van der Waals surface area contributed by atoms with Crippen molar-refractivity contribution in [3.8, 4) is 0 Å². The van der Waals surface area contributed by atoms with Crippen molar-refractivity contribution in [1.29, 1.82) is 0 Å². The number of esters is 1. The first-order valence-electron chi connectivity index (χ1n) is 7.81. The molecule has 1 amide bonds. The van der Waals surface area contributed by atoms with E-state index >= 15 is 0 Å². The van der Waals surface area contributed by atoms with Crippen molar-refractivity contribution < 1.29 is 27.3 Å². The number of rotatable bonds is 5. The molecular formula is C15H22N2O6S. The van der Waals surface area contributed by atoms with E-state index in [9.17, 15) is 18.0 Å². The van der Waals surface area contributed by atoms with Crippen LogP contribution >= 0.6 is 0 Å². The molecule has 0 aromatic carbocycles. The monoisotopic (exact) mass is 358 g/mol. The first-order chi connectivity index (χ1) is 11.2. The molecule has 2 heterocycles. The molecule has 0 unspecified atom stereocenters. The molecular weight excluding hydrogens is 336 g/mol. The maximum atomic E-state index is 12.6. The van der Waals surface area contributed by atoms with Gasteiger partial charge in [-0.15, -0.1) is 0 Å². The molecule has 1 aromatic rings. The van der Waals surface area contributed by atoms with Crippen LogP contribution in [-0.2, 0) is 19.4 Å². The van der Waals surface area contributed by atoms with Crippen LogP contribution in [0.1, 0.15) is 42.1 Å². The number of carbonyl (C=O) groups is 2. The summed E-state index contributed by atoms with van der Waals surface area (Å²) in [6, 6.07) is -0.368. The van der Waals surface area contributed by atoms with Crippen molar-refractivity contribution in [2.24, 2.45) is 0 Å². The lowest BCUT2D eigenvalue weighted by Crippen LogP contribution is -2.46. The fourth-order valence-corrected chi connectivity index (χ4v) is 4.62. The van der Waals surface area contributed by atoms with Gasteiger partial charge in [0.25, 0.3) is 5.91 Å². The van der Waals surface area contributed by atoms with Crippen molar-refractivity contribution in [2.75, 3.05) is 18.1 Å². The summed E-state index contributed by atoms with van der Waals surface area (Å²) in [5, 5.41) is 3.68. The van der Waals surface area contributed by atoms with Gasteiger partial charge in [0, 0.05) is 12.6 Å². The third kappa shape index (κ3) is 3.77. The normalized spacial score (nSPS) is 20.6. The largest absolute Gasteiger partial charge is 0.449 e. The Balaban J connectivity index is 2.06. The lowest BCUT2D eigenvalue weighted by atomic mass is 10.2. The van der Waals surface area contributed by atoms with E-state index in [0.717, 1.165) is 0 Å². The highest BCUT2D eigenvalue weighted by Gasteiger charge is 2.36. The van der Waals surface area contributed by atoms with Crippen molar-refractivity contribution in [3.63, 3.8) is 0 Å². The number of nitrogens with zero attached hydrogens (tertiary/aromatic N) is 2. The summed E-state index contributed by atoms with van der Waals surface area (Å²) in [5.74, 6) is -0.723. The lowest BCUT2D eigenvalue weighted by molar-refractivity contribution is -0.141. The van der Waals surface area contributed by atoms with E-state index in [4.69, 9.17) is 9.26 Å². The van der Waals surface area contributed by atoms with Crippen LogP contribution in [-0.4, -0.2) is 60.5 Å². The fraction of sp³-hybridized carbons (Fsp3) is 0.667. The van der Waals surface area contributed by atoms with Gasteiger partial charge in [-0.05, 0) is 34.1 Å². The summed E-state index contributed by atoms with van der Waals surface area (Å²) in [6.07, 6.45) is -0.610. The van der Waals surface area contributed by atoms with Crippen molar-refractivity contribution >= 4 is 21.7 Å². The number of ether oxygens (including phenoxy) is 1. The van der Waals surface area contributed by atoms with Crippen LogP contribution in [0.2, 0.25) is 0 Å². The molecule has 8 nitrogen and oxygen atoms in total. The zero-order valence-corrected chi connectivity index (χ0v) is 15.1. The highest BCUT2D eigenvalue weighted by molar-refractivity contribution is 7.91. The molecule has 1 aliphatic rings. The van der Waals surface area contributed by atoms with Gasteiger partial charge in [0.1, 0.15) is 11.3 Å². The van der Waals surface area contributed by atoms with Gasteiger partial charge >= 0.3 is 5.97 Å². The zero-order chi connectivity index (χ0) is 18.1. The van der Waals surface area contributed by atoms with Crippen LogP contribution in [0.25, 0.3) is 0 Å². The average molecular weight is 358 g/mol. The van der Waals surface area contributed by atoms with Crippen molar-refractivity contribution in [1.82, 2.24) is 10.1 Å². The Labute approximate surface area is 141 Å². The minimum Gasteiger partial charge on any atom is -0.449 e. The number of hydrogen-bond acceptors (Lipinski definition) is 7. The van der Waals surface area contributed by atoms with Gasteiger partial charge in [-0.25, -0.2) is 13.2 Å². The quantitative estimate of drug-likeness (QED) is 0.719. The lowest BCUT2D eigenvalue weighted by Gasteiger charge is -2.29. The molecule has 0 aliphatic carbocycles. The molecule has 2 rings (SSSR count). The minimum absolute atomic E-state index is 0.0445. The van der Waals surface area contributed by atoms with E-state index in [0.29, 0.717) is 24.4 Å². The molecule has 134 valence electrons. The Morgan fingerprint density at radius 1 is 1.42 bits per heavy atom. The third-order valence-electron chi connectivity index (χ3n) is 4.14. The molecule has 1 aromatic heterocycles. The average Bonchev–Trinajstić information content (AvgIpc) is 3.01. The van der Waals surface area contributed by atoms with E-state index in [-0.39, 0.29) is 23.1 Å². The maximum absolute atomic E-state index is 12.6. The van der Waals surface area contributed by atoms with Crippen LogP contribution < -0.4 is 0 Å². The van der Waals surface area contributed by atoms with Crippen LogP contribution in [0.3, 0.4) is 0 Å². The highest BCUT2D eigenvalue weighted by Crippen LogP contribution is 2.20. The number of likely N-dealkylation sites (N-methyl/N-ethyl adjacent to an activating group) is 1. The van der Waals surface area contributed by atoms with E-state index < -0.39 is 27.8 Å². The second-order valence-corrected chi connectivity index (χ2v) is 8.16. The van der Waals surface area contributed by atoms with Gasteiger partial charge in [-0.1, -0.05) is 5.16 Å². The Kier molecular flexibility index (Phi) is 5.32. The Hall–Kier alpha value is -1.90. The van der Waals surface area contributed by atoms with Gasteiger partial charge < -0.3 is 14.2 Å². The van der Waals surface area contributed by atoms with E-state index in [1.165, 1.54) is 11.8 Å². The SMILES string of the molecule is CCN(C(=O)[C@@H](C)OC(=O)c1c(C)noc1C)[C@@H]1CCS(=O)(=O)C1. The first kappa shape index (κ1) is 18.4. The molecule has 1 aliphatic heterocycles. The standard InChI is InChI=1S/C15H22N2O6S/c1-5-17(12-6-7-24(20,21)8-12)14(18)11(4)22-15(19)13-9(2)16-23-10(13)3/h11-12H,5-8H2,1-4H3/t11-,12-/m1/s1. The van der Waals surface area contributed by atoms with Crippen molar-refractivity contribution in [2.45, 2.75) is 46.3 Å². The highest BCUT2D eigenvalue weighted by atomic mass is 32.2. The van der Waals surface area contributed by atoms with E-state index in [1.807, 2.05) is 0 Å². The number of aromatic nitrogens is 1. The molecule has 0 saturated carbocycles. The molecule has 0 bridgehead atoms. The number of amides is 1. The fourth-order valence-electron chi connectivity index (χ4n) is 2.89. The Morgan fingerprint density at radius 3 is 2.54 bits per heavy atom. The van der Waals surface area contributed by atoms with Gasteiger partial charge in [0.05, 0.1) is 17.2 Å². The van der Waals surface area contributed by atoms with Crippen LogP contribution in [0.15, 0.2) is 4.52 Å². The van der Waals surface area contributed by atoms with E-state index in [2.05, 4.69) is 5.16 Å². The second-order valence-electron chi connectivity index (χ2n) is 5.93. The smallest absolute Gasteiger partial charge is 0.344 e. The Morgan fingerprint density at radius 2 is 2.08 bits per heavy atom. The maximum Gasteiger partial charge on any atom is 0.344 e. The van der Waals surface area contributed by atoms with Crippen LogP contribution in [0, 0.1) is 13.8 Å². The summed E-state index contributed by atoms with van der Waals surface area (Å²) in [4.78, 5) is 26.2. The van der Waals surface area contributed by atoms with Crippen LogP contribution in [0.4, 0.5) is 0 Å². The third-order valence-corrected chi connectivity index (χ3v) is 5.89. The number of hydrogen-bond donors (Lipinski definition) is 0. The number of sulfone groups is 1. The molecule has 0 N–H and O–H groups in total. The summed E-state index contributed by atoms with van der Waals surface area (Å²) >= 11 is 0. The summed E-state index contributed by atoms with van der Waals surface area (Å²) in [6.45, 7) is 6.80. The predicted molar refractivity (Wildman–Crippen MR) is 85.3 cm³/mol. The molecule has 2 atom stereocenters. The molecule has 0 radical (unpaired) electrons. The van der Waals surface area contributed by atoms with Gasteiger partial charge in [0.2, 0.25) is 0 Å².